The van der Waals surface area contributed by atoms with E-state index in [1.54, 1.807) is 49.4 Å². The lowest BCUT2D eigenvalue weighted by atomic mass is 9.92. The van der Waals surface area contributed by atoms with Gasteiger partial charge in [-0.2, -0.15) is 0 Å². The number of aryl methyl sites for hydroxylation is 1. The molecule has 1 atom stereocenters. The molecule has 2 N–H and O–H groups in total. The van der Waals surface area contributed by atoms with Gasteiger partial charge >= 0.3 is 12.0 Å². The van der Waals surface area contributed by atoms with Gasteiger partial charge in [-0.25, -0.2) is 4.79 Å². The maximum atomic E-state index is 12.7. The number of amides is 4. The average Bonchev–Trinajstić information content (AvgIpc) is 2.93. The van der Waals surface area contributed by atoms with Crippen LogP contribution in [0.15, 0.2) is 54.6 Å². The molecular formula is C21H21N3O5. The molecule has 0 radical (unpaired) electrons. The van der Waals surface area contributed by atoms with Crippen molar-refractivity contribution in [2.75, 3.05) is 18.5 Å². The number of esters is 1. The van der Waals surface area contributed by atoms with Crippen LogP contribution >= 0.6 is 0 Å². The van der Waals surface area contributed by atoms with Gasteiger partial charge in [0.05, 0.1) is 0 Å². The summed E-state index contributed by atoms with van der Waals surface area (Å²) in [6.07, 6.45) is 0. The zero-order chi connectivity index (χ0) is 21.0. The highest BCUT2D eigenvalue weighted by molar-refractivity contribution is 6.08. The molecule has 0 saturated carbocycles. The highest BCUT2D eigenvalue weighted by Crippen LogP contribution is 2.28. The molecule has 3 rings (SSSR count). The molecule has 8 heteroatoms. The molecule has 2 aromatic rings. The quantitative estimate of drug-likeness (QED) is 0.575. The van der Waals surface area contributed by atoms with Gasteiger partial charge in [-0.1, -0.05) is 48.0 Å². The van der Waals surface area contributed by atoms with Gasteiger partial charge in [-0.05, 0) is 31.5 Å². The van der Waals surface area contributed by atoms with Crippen LogP contribution in [0.5, 0.6) is 0 Å². The number of anilines is 1. The van der Waals surface area contributed by atoms with Crippen LogP contribution in [0.3, 0.4) is 0 Å². The minimum Gasteiger partial charge on any atom is -0.454 e. The fraction of sp³-hybridized carbons (Fsp3) is 0.238. The number of carbonyl (C=O) groups excluding carboxylic acids is 4. The van der Waals surface area contributed by atoms with Gasteiger partial charge < -0.3 is 15.4 Å². The van der Waals surface area contributed by atoms with Crippen molar-refractivity contribution in [3.8, 4) is 0 Å². The molecule has 1 fully saturated rings. The molecule has 2 aromatic carbocycles. The number of rotatable bonds is 6. The molecule has 0 aromatic heterocycles. The molecular weight excluding hydrogens is 374 g/mol. The number of hydrogen-bond acceptors (Lipinski definition) is 5. The third-order valence-corrected chi connectivity index (χ3v) is 4.61. The van der Waals surface area contributed by atoms with Crippen molar-refractivity contribution >= 4 is 29.5 Å². The van der Waals surface area contributed by atoms with Gasteiger partial charge in [-0.15, -0.1) is 0 Å². The van der Waals surface area contributed by atoms with Crippen molar-refractivity contribution in [3.63, 3.8) is 0 Å². The van der Waals surface area contributed by atoms with Gasteiger partial charge in [0.25, 0.3) is 11.8 Å². The SMILES string of the molecule is Cc1ccc(NC(=O)COC(=O)CN2C(=O)N[C@@](C)(c3ccccc3)C2=O)cc1. The number of carbonyl (C=O) groups is 4. The highest BCUT2D eigenvalue weighted by Gasteiger charge is 2.49. The molecule has 0 unspecified atom stereocenters. The molecule has 1 aliphatic rings. The standard InChI is InChI=1S/C21H21N3O5/c1-14-8-10-16(11-9-14)22-17(25)13-29-18(26)12-24-19(27)21(2,23-20(24)28)15-6-4-3-5-7-15/h3-11H,12-13H2,1-2H3,(H,22,25)(H,23,28)/t21-/m0/s1. The molecule has 29 heavy (non-hydrogen) atoms. The van der Waals surface area contributed by atoms with Crippen LogP contribution in [0, 0.1) is 6.92 Å². The third-order valence-electron chi connectivity index (χ3n) is 4.61. The van der Waals surface area contributed by atoms with E-state index in [1.165, 1.54) is 0 Å². The average molecular weight is 395 g/mol. The summed E-state index contributed by atoms with van der Waals surface area (Å²) in [5.41, 5.74) is 0.961. The third kappa shape index (κ3) is 4.43. The number of nitrogens with zero attached hydrogens (tertiary/aromatic N) is 1. The van der Waals surface area contributed by atoms with Crippen LogP contribution in [0.1, 0.15) is 18.1 Å². The zero-order valence-corrected chi connectivity index (χ0v) is 16.1. The van der Waals surface area contributed by atoms with Crippen LogP contribution in [0.25, 0.3) is 0 Å². The maximum absolute atomic E-state index is 12.7. The number of benzene rings is 2. The maximum Gasteiger partial charge on any atom is 0.326 e. The Balaban J connectivity index is 1.55. The predicted molar refractivity (Wildman–Crippen MR) is 105 cm³/mol. The topological polar surface area (TPSA) is 105 Å². The Labute approximate surface area is 167 Å². The first kappa shape index (κ1) is 20.1. The molecule has 1 heterocycles. The van der Waals surface area contributed by atoms with E-state index in [0.29, 0.717) is 11.3 Å². The van der Waals surface area contributed by atoms with E-state index in [-0.39, 0.29) is 0 Å². The number of nitrogens with one attached hydrogen (secondary N) is 2. The summed E-state index contributed by atoms with van der Waals surface area (Å²) in [7, 11) is 0. The van der Waals surface area contributed by atoms with E-state index in [9.17, 15) is 19.2 Å². The molecule has 8 nitrogen and oxygen atoms in total. The number of imide groups is 1. The Morgan fingerprint density at radius 2 is 1.72 bits per heavy atom. The first-order chi connectivity index (χ1) is 13.8. The van der Waals surface area contributed by atoms with E-state index >= 15 is 0 Å². The smallest absolute Gasteiger partial charge is 0.326 e. The fourth-order valence-corrected chi connectivity index (χ4v) is 2.96. The molecule has 0 bridgehead atoms. The lowest BCUT2D eigenvalue weighted by Crippen LogP contribution is -2.41. The van der Waals surface area contributed by atoms with Crippen molar-refractivity contribution < 1.29 is 23.9 Å². The van der Waals surface area contributed by atoms with Crippen molar-refractivity contribution in [1.29, 1.82) is 0 Å². The lowest BCUT2D eigenvalue weighted by Gasteiger charge is -2.21. The summed E-state index contributed by atoms with van der Waals surface area (Å²) in [5, 5.41) is 5.20. The normalized spacial score (nSPS) is 18.3. The first-order valence-electron chi connectivity index (χ1n) is 9.01. The molecule has 1 saturated heterocycles. The minimum absolute atomic E-state index is 0.520. The second-order valence-electron chi connectivity index (χ2n) is 6.89. The Hall–Kier alpha value is -3.68. The minimum atomic E-state index is -1.26. The van der Waals surface area contributed by atoms with Gasteiger partial charge in [0, 0.05) is 5.69 Å². The summed E-state index contributed by atoms with van der Waals surface area (Å²) < 4.78 is 4.91. The van der Waals surface area contributed by atoms with Crippen LogP contribution < -0.4 is 10.6 Å². The van der Waals surface area contributed by atoms with Crippen molar-refractivity contribution in [2.24, 2.45) is 0 Å². The molecule has 4 amide bonds. The highest BCUT2D eigenvalue weighted by atomic mass is 16.5. The molecule has 0 aliphatic carbocycles. The predicted octanol–water partition coefficient (Wildman–Crippen LogP) is 1.94. The van der Waals surface area contributed by atoms with E-state index in [4.69, 9.17) is 4.74 Å². The lowest BCUT2D eigenvalue weighted by molar-refractivity contribution is -0.150. The van der Waals surface area contributed by atoms with E-state index in [1.807, 2.05) is 19.1 Å². The Kier molecular flexibility index (Phi) is 5.63. The summed E-state index contributed by atoms with van der Waals surface area (Å²) >= 11 is 0. The molecule has 150 valence electrons. The van der Waals surface area contributed by atoms with Crippen molar-refractivity contribution in [1.82, 2.24) is 10.2 Å². The monoisotopic (exact) mass is 395 g/mol. The number of urea groups is 1. The number of ether oxygens (including phenoxy) is 1. The van der Waals surface area contributed by atoms with Gasteiger partial charge in [-0.3, -0.25) is 19.3 Å². The Morgan fingerprint density at radius 1 is 1.07 bits per heavy atom. The number of hydrogen-bond donors (Lipinski definition) is 2. The van der Waals surface area contributed by atoms with Crippen LogP contribution in [-0.4, -0.2) is 41.9 Å². The summed E-state index contributed by atoms with van der Waals surface area (Å²) in [4.78, 5) is 49.7. The Morgan fingerprint density at radius 3 is 2.38 bits per heavy atom. The molecule has 0 spiro atoms. The summed E-state index contributed by atoms with van der Waals surface area (Å²) in [5.74, 6) is -1.94. The zero-order valence-electron chi connectivity index (χ0n) is 16.1. The second kappa shape index (κ2) is 8.14. The van der Waals surface area contributed by atoms with E-state index in [2.05, 4.69) is 10.6 Å². The summed E-state index contributed by atoms with van der Waals surface area (Å²) in [6.45, 7) is 2.39. The molecule has 1 aliphatic heterocycles. The van der Waals surface area contributed by atoms with E-state index in [0.717, 1.165) is 10.5 Å². The van der Waals surface area contributed by atoms with Crippen LogP contribution in [0.4, 0.5) is 10.5 Å². The van der Waals surface area contributed by atoms with Gasteiger partial charge in [0.2, 0.25) is 0 Å². The fourth-order valence-electron chi connectivity index (χ4n) is 2.96. The van der Waals surface area contributed by atoms with Crippen molar-refractivity contribution in [2.45, 2.75) is 19.4 Å². The first-order valence-corrected chi connectivity index (χ1v) is 9.01. The van der Waals surface area contributed by atoms with Crippen LogP contribution in [0.2, 0.25) is 0 Å². The van der Waals surface area contributed by atoms with E-state index < -0.39 is 42.5 Å². The summed E-state index contributed by atoms with van der Waals surface area (Å²) in [6, 6.07) is 15.2. The van der Waals surface area contributed by atoms with Gasteiger partial charge in [0.1, 0.15) is 12.1 Å². The largest absolute Gasteiger partial charge is 0.454 e. The second-order valence-corrected chi connectivity index (χ2v) is 6.89. The van der Waals surface area contributed by atoms with Crippen molar-refractivity contribution in [3.05, 3.63) is 65.7 Å². The Bertz CT molecular complexity index is 943. The van der Waals surface area contributed by atoms with Crippen LogP contribution in [-0.2, 0) is 24.7 Å². The van der Waals surface area contributed by atoms with Gasteiger partial charge in [0.15, 0.2) is 6.61 Å².